The summed E-state index contributed by atoms with van der Waals surface area (Å²) in [5, 5.41) is 3.00. The van der Waals surface area contributed by atoms with Gasteiger partial charge < -0.3 is 10.6 Å². The van der Waals surface area contributed by atoms with Gasteiger partial charge in [-0.3, -0.25) is 4.79 Å². The lowest BCUT2D eigenvalue weighted by molar-refractivity contribution is -0.119. The van der Waals surface area contributed by atoms with Gasteiger partial charge in [-0.15, -0.1) is 11.3 Å². The van der Waals surface area contributed by atoms with Crippen molar-refractivity contribution in [3.63, 3.8) is 0 Å². The fourth-order valence-corrected chi connectivity index (χ4v) is 5.48. The van der Waals surface area contributed by atoms with E-state index in [9.17, 15) is 4.79 Å². The number of thiazole rings is 1. The predicted molar refractivity (Wildman–Crippen MR) is 117 cm³/mol. The van der Waals surface area contributed by atoms with Crippen molar-refractivity contribution in [2.45, 2.75) is 70.3 Å². The topological polar surface area (TPSA) is 59.2 Å². The van der Waals surface area contributed by atoms with Gasteiger partial charge in [-0.25, -0.2) is 4.98 Å². The highest BCUT2D eigenvalue weighted by atomic mass is 32.1. The molecule has 1 radical (unpaired) electrons. The third kappa shape index (κ3) is 3.34. The lowest BCUT2D eigenvalue weighted by atomic mass is 9.63. The molecule has 28 heavy (non-hydrogen) atoms. The number of nitrogens with zero attached hydrogens (tertiary/aromatic N) is 2. The molecule has 2 aromatic rings. The SMILES string of the molecule is CC1(C)CCC(C)(C)c2cc(-c3csc(N4CC[CH]CC4C(N)=O)n3)ccc21. The first-order valence-corrected chi connectivity index (χ1v) is 11.1. The maximum absolute atomic E-state index is 11.8. The molecule has 1 unspecified atom stereocenters. The van der Waals surface area contributed by atoms with Crippen molar-refractivity contribution in [1.82, 2.24) is 4.98 Å². The number of primary amides is 1. The summed E-state index contributed by atoms with van der Waals surface area (Å²) in [6, 6.07) is 6.56. The number of fused-ring (bicyclic) bond motifs is 1. The van der Waals surface area contributed by atoms with E-state index in [0.29, 0.717) is 6.42 Å². The molecule has 2 aliphatic rings. The van der Waals surface area contributed by atoms with Crippen LogP contribution in [0.3, 0.4) is 0 Å². The fraction of sp³-hybridized carbons (Fsp3) is 0.522. The number of carbonyl (C=O) groups excluding carboxylic acids is 1. The van der Waals surface area contributed by atoms with Gasteiger partial charge in [0.2, 0.25) is 5.91 Å². The molecule has 2 N–H and O–H groups in total. The van der Waals surface area contributed by atoms with Gasteiger partial charge in [0.15, 0.2) is 5.13 Å². The van der Waals surface area contributed by atoms with Crippen molar-refractivity contribution in [3.8, 4) is 11.3 Å². The largest absolute Gasteiger partial charge is 0.368 e. The summed E-state index contributed by atoms with van der Waals surface area (Å²) < 4.78 is 0. The van der Waals surface area contributed by atoms with Crippen LogP contribution < -0.4 is 10.6 Å². The Hall–Kier alpha value is -1.88. The van der Waals surface area contributed by atoms with E-state index in [0.717, 1.165) is 29.4 Å². The summed E-state index contributed by atoms with van der Waals surface area (Å²) >= 11 is 1.60. The molecule has 1 atom stereocenters. The van der Waals surface area contributed by atoms with Gasteiger partial charge in [0.25, 0.3) is 0 Å². The first-order valence-electron chi connectivity index (χ1n) is 10.2. The van der Waals surface area contributed by atoms with Crippen LogP contribution >= 0.6 is 11.3 Å². The van der Waals surface area contributed by atoms with Gasteiger partial charge in [0.05, 0.1) is 5.69 Å². The van der Waals surface area contributed by atoms with Crippen LogP contribution in [0.4, 0.5) is 5.13 Å². The molecule has 5 heteroatoms. The normalized spacial score (nSPS) is 23.3. The Kier molecular flexibility index (Phi) is 4.77. The summed E-state index contributed by atoms with van der Waals surface area (Å²) in [6.45, 7) is 10.2. The fourth-order valence-electron chi connectivity index (χ4n) is 4.56. The Morgan fingerprint density at radius 3 is 2.61 bits per heavy atom. The molecule has 0 saturated carbocycles. The minimum atomic E-state index is -0.281. The average Bonchev–Trinajstić information content (AvgIpc) is 3.15. The minimum absolute atomic E-state index is 0.180. The molecule has 2 heterocycles. The van der Waals surface area contributed by atoms with Gasteiger partial charge in [-0.1, -0.05) is 39.8 Å². The number of hydrogen-bond acceptors (Lipinski definition) is 4. The minimum Gasteiger partial charge on any atom is -0.368 e. The summed E-state index contributed by atoms with van der Waals surface area (Å²) in [5.41, 5.74) is 11.1. The third-order valence-electron chi connectivity index (χ3n) is 6.56. The van der Waals surface area contributed by atoms with E-state index >= 15 is 0 Å². The Labute approximate surface area is 172 Å². The molecule has 1 aromatic heterocycles. The Morgan fingerprint density at radius 1 is 1.18 bits per heavy atom. The first kappa shape index (κ1) is 19.4. The zero-order valence-corrected chi connectivity index (χ0v) is 18.1. The van der Waals surface area contributed by atoms with Crippen molar-refractivity contribution < 1.29 is 4.79 Å². The summed E-state index contributed by atoms with van der Waals surface area (Å²) in [5.74, 6) is -0.273. The second-order valence-corrected chi connectivity index (χ2v) is 10.3. The predicted octanol–water partition coefficient (Wildman–Crippen LogP) is 4.82. The van der Waals surface area contributed by atoms with E-state index in [1.807, 2.05) is 0 Å². The van der Waals surface area contributed by atoms with Crippen LogP contribution in [0.5, 0.6) is 0 Å². The molecule has 4 rings (SSSR count). The Bertz CT molecular complexity index is 899. The smallest absolute Gasteiger partial charge is 0.240 e. The number of benzene rings is 1. The maximum Gasteiger partial charge on any atom is 0.240 e. The standard InChI is InChI=1S/C23H30N3OS/c1-22(2)10-11-23(3,4)17-13-15(8-9-16(17)22)18-14-28-21(25-18)26-12-6-5-7-19(26)20(24)27/h5,8-9,13-14,19H,6-7,10-12H2,1-4H3,(H2,24,27). The first-order chi connectivity index (χ1) is 13.2. The number of aromatic nitrogens is 1. The number of hydrogen-bond donors (Lipinski definition) is 1. The number of rotatable bonds is 3. The van der Waals surface area contributed by atoms with E-state index in [4.69, 9.17) is 10.7 Å². The molecule has 1 aliphatic heterocycles. The number of amides is 1. The highest BCUT2D eigenvalue weighted by Crippen LogP contribution is 2.47. The molecular weight excluding hydrogens is 366 g/mol. The van der Waals surface area contributed by atoms with Crippen LogP contribution in [-0.4, -0.2) is 23.5 Å². The molecule has 4 nitrogen and oxygen atoms in total. The molecule has 1 fully saturated rings. The second-order valence-electron chi connectivity index (χ2n) is 9.47. The van der Waals surface area contributed by atoms with Gasteiger partial charge >= 0.3 is 0 Å². The van der Waals surface area contributed by atoms with E-state index < -0.39 is 0 Å². The number of nitrogens with two attached hydrogens (primary N) is 1. The highest BCUT2D eigenvalue weighted by Gasteiger charge is 2.37. The van der Waals surface area contributed by atoms with Crippen LogP contribution in [0, 0.1) is 6.42 Å². The molecule has 0 bridgehead atoms. The lowest BCUT2D eigenvalue weighted by Crippen LogP contribution is -2.48. The molecular formula is C23H30N3OS. The monoisotopic (exact) mass is 396 g/mol. The summed E-state index contributed by atoms with van der Waals surface area (Å²) in [6.07, 6.45) is 6.22. The van der Waals surface area contributed by atoms with Crippen molar-refractivity contribution in [3.05, 3.63) is 41.1 Å². The summed E-state index contributed by atoms with van der Waals surface area (Å²) in [7, 11) is 0. The van der Waals surface area contributed by atoms with E-state index in [2.05, 4.69) is 62.6 Å². The molecule has 1 saturated heterocycles. The quantitative estimate of drug-likeness (QED) is 0.809. The van der Waals surface area contributed by atoms with Crippen LogP contribution in [-0.2, 0) is 15.6 Å². The van der Waals surface area contributed by atoms with Crippen molar-refractivity contribution in [2.24, 2.45) is 5.73 Å². The van der Waals surface area contributed by atoms with Crippen molar-refractivity contribution in [1.29, 1.82) is 0 Å². The van der Waals surface area contributed by atoms with Crippen molar-refractivity contribution >= 4 is 22.4 Å². The lowest BCUT2D eigenvalue weighted by Gasteiger charge is -2.42. The average molecular weight is 397 g/mol. The van der Waals surface area contributed by atoms with Gasteiger partial charge in [0, 0.05) is 17.5 Å². The maximum atomic E-state index is 11.8. The van der Waals surface area contributed by atoms with Crippen LogP contribution in [0.15, 0.2) is 23.6 Å². The van der Waals surface area contributed by atoms with E-state index in [1.165, 1.54) is 24.0 Å². The summed E-state index contributed by atoms with van der Waals surface area (Å²) in [4.78, 5) is 18.8. The molecule has 1 aliphatic carbocycles. The van der Waals surface area contributed by atoms with Gasteiger partial charge in [0.1, 0.15) is 6.04 Å². The number of piperidine rings is 1. The van der Waals surface area contributed by atoms with Gasteiger partial charge in [-0.05, 0) is 60.1 Å². The third-order valence-corrected chi connectivity index (χ3v) is 7.43. The van der Waals surface area contributed by atoms with Crippen LogP contribution in [0.1, 0.15) is 64.5 Å². The molecule has 0 spiro atoms. The Morgan fingerprint density at radius 2 is 1.89 bits per heavy atom. The second kappa shape index (κ2) is 6.87. The van der Waals surface area contributed by atoms with Crippen molar-refractivity contribution in [2.75, 3.05) is 11.4 Å². The van der Waals surface area contributed by atoms with E-state index in [-0.39, 0.29) is 22.8 Å². The van der Waals surface area contributed by atoms with Crippen LogP contribution in [0.2, 0.25) is 0 Å². The zero-order chi connectivity index (χ0) is 20.1. The number of carbonyl (C=O) groups is 1. The van der Waals surface area contributed by atoms with E-state index in [1.54, 1.807) is 11.3 Å². The molecule has 149 valence electrons. The highest BCUT2D eigenvalue weighted by molar-refractivity contribution is 7.14. The van der Waals surface area contributed by atoms with Crippen LogP contribution in [0.25, 0.3) is 11.3 Å². The number of anilines is 1. The Balaban J connectivity index is 1.69. The molecule has 1 aromatic carbocycles. The molecule has 1 amide bonds. The zero-order valence-electron chi connectivity index (χ0n) is 17.3. The van der Waals surface area contributed by atoms with Gasteiger partial charge in [-0.2, -0.15) is 0 Å².